The molecule has 0 N–H and O–H groups in total. The summed E-state index contributed by atoms with van der Waals surface area (Å²) >= 11 is 0. The Morgan fingerprint density at radius 1 is 1.19 bits per heavy atom. The number of hydrogen-bond donors (Lipinski definition) is 0. The first-order valence-electron chi connectivity index (χ1n) is 9.61. The number of nitrogens with zero attached hydrogens (tertiary/aromatic N) is 2. The summed E-state index contributed by atoms with van der Waals surface area (Å²) in [7, 11) is 1.69. The van der Waals surface area contributed by atoms with E-state index in [9.17, 15) is 14.4 Å². The van der Waals surface area contributed by atoms with Crippen LogP contribution in [0.25, 0.3) is 0 Å². The highest BCUT2D eigenvalue weighted by molar-refractivity contribution is 6.08. The average molecular weight is 372 g/mol. The summed E-state index contributed by atoms with van der Waals surface area (Å²) in [6.07, 6.45) is 5.54. The molecule has 6 nitrogen and oxygen atoms in total. The fourth-order valence-electron chi connectivity index (χ4n) is 4.03. The van der Waals surface area contributed by atoms with E-state index in [-0.39, 0.29) is 35.5 Å². The van der Waals surface area contributed by atoms with Crippen molar-refractivity contribution in [3.63, 3.8) is 0 Å². The van der Waals surface area contributed by atoms with Gasteiger partial charge in [0.1, 0.15) is 17.6 Å². The van der Waals surface area contributed by atoms with Crippen LogP contribution < -0.4 is 0 Å². The first kappa shape index (κ1) is 19.4. The van der Waals surface area contributed by atoms with Crippen LogP contribution >= 0.6 is 0 Å². The van der Waals surface area contributed by atoms with Crippen molar-refractivity contribution in [2.24, 2.45) is 17.8 Å². The number of likely N-dealkylation sites (tertiary alicyclic amines) is 1. The zero-order chi connectivity index (χ0) is 19.7. The number of furan rings is 1. The minimum atomic E-state index is -0.753. The zero-order valence-electron chi connectivity index (χ0n) is 16.5. The number of amides is 3. The molecule has 6 heteroatoms. The van der Waals surface area contributed by atoms with Gasteiger partial charge in [-0.1, -0.05) is 26.0 Å². The van der Waals surface area contributed by atoms with Gasteiger partial charge in [0.15, 0.2) is 0 Å². The molecule has 1 aliphatic carbocycles. The maximum atomic E-state index is 13.2. The third-order valence-corrected chi connectivity index (χ3v) is 5.40. The molecule has 1 fully saturated rings. The predicted molar refractivity (Wildman–Crippen MR) is 100 cm³/mol. The van der Waals surface area contributed by atoms with Crippen molar-refractivity contribution in [1.29, 1.82) is 0 Å². The van der Waals surface area contributed by atoms with E-state index >= 15 is 0 Å². The number of likely N-dealkylation sites (N-methyl/N-ethyl adjacent to an activating group) is 1. The summed E-state index contributed by atoms with van der Waals surface area (Å²) in [6, 6.07) is 2.93. The number of imide groups is 1. The van der Waals surface area contributed by atoms with Gasteiger partial charge in [-0.3, -0.25) is 19.3 Å². The first-order valence-corrected chi connectivity index (χ1v) is 9.61. The summed E-state index contributed by atoms with van der Waals surface area (Å²) in [5.74, 6) is 0.400. The first-order chi connectivity index (χ1) is 12.8. The topological polar surface area (TPSA) is 70.8 Å². The van der Waals surface area contributed by atoms with Gasteiger partial charge in [-0.2, -0.15) is 0 Å². The van der Waals surface area contributed by atoms with Crippen LogP contribution in [0.4, 0.5) is 0 Å². The predicted octanol–water partition coefficient (Wildman–Crippen LogP) is 2.91. The van der Waals surface area contributed by atoms with Gasteiger partial charge in [0.25, 0.3) is 0 Å². The summed E-state index contributed by atoms with van der Waals surface area (Å²) in [5, 5.41) is 0. The van der Waals surface area contributed by atoms with Crippen molar-refractivity contribution >= 4 is 17.7 Å². The van der Waals surface area contributed by atoms with Crippen LogP contribution in [0, 0.1) is 24.7 Å². The Kier molecular flexibility index (Phi) is 5.53. The lowest BCUT2D eigenvalue weighted by Gasteiger charge is -2.30. The lowest BCUT2D eigenvalue weighted by Crippen LogP contribution is -2.50. The van der Waals surface area contributed by atoms with E-state index in [2.05, 4.69) is 0 Å². The van der Waals surface area contributed by atoms with E-state index in [4.69, 9.17) is 4.42 Å². The highest BCUT2D eigenvalue weighted by atomic mass is 16.3. The fourth-order valence-corrected chi connectivity index (χ4v) is 4.03. The van der Waals surface area contributed by atoms with Gasteiger partial charge in [0.2, 0.25) is 17.7 Å². The number of carbonyl (C=O) groups excluding carboxylic acids is 3. The molecule has 0 saturated carbocycles. The number of fused-ring (bicyclic) bond motifs is 1. The molecule has 1 aliphatic heterocycles. The van der Waals surface area contributed by atoms with E-state index in [0.717, 1.165) is 5.76 Å². The molecular formula is C21H28N2O4. The Morgan fingerprint density at radius 3 is 2.26 bits per heavy atom. The van der Waals surface area contributed by atoms with Crippen LogP contribution in [-0.4, -0.2) is 40.6 Å². The summed E-state index contributed by atoms with van der Waals surface area (Å²) in [6.45, 7) is 6.15. The fraction of sp³-hybridized carbons (Fsp3) is 0.571. The molecule has 0 radical (unpaired) electrons. The van der Waals surface area contributed by atoms with Crippen LogP contribution in [0.5, 0.6) is 0 Å². The molecule has 1 aromatic rings. The van der Waals surface area contributed by atoms with Crippen molar-refractivity contribution in [1.82, 2.24) is 9.80 Å². The number of carbonyl (C=O) groups is 3. The molecule has 2 heterocycles. The Labute approximate surface area is 160 Å². The summed E-state index contributed by atoms with van der Waals surface area (Å²) in [5.41, 5.74) is 0. The molecular weight excluding hydrogens is 344 g/mol. The minimum absolute atomic E-state index is 0.180. The van der Waals surface area contributed by atoms with Crippen LogP contribution in [0.3, 0.4) is 0 Å². The van der Waals surface area contributed by atoms with E-state index in [0.29, 0.717) is 31.6 Å². The van der Waals surface area contributed by atoms with Gasteiger partial charge in [-0.25, -0.2) is 0 Å². The van der Waals surface area contributed by atoms with Gasteiger partial charge in [-0.05, 0) is 44.2 Å². The maximum Gasteiger partial charge on any atom is 0.246 e. The van der Waals surface area contributed by atoms with Gasteiger partial charge in [-0.15, -0.1) is 0 Å². The molecule has 2 aliphatic rings. The number of allylic oxidation sites excluding steroid dienone is 2. The SMILES string of the molecule is Cc1ccc(CN(C)C(=O)C(CC(C)C)N2C(=O)C3CC=CCC3C2=O)o1. The molecule has 146 valence electrons. The normalized spacial score (nSPS) is 23.1. The average Bonchev–Trinajstić information content (AvgIpc) is 3.14. The Balaban J connectivity index is 1.81. The molecule has 3 unspecified atom stereocenters. The molecule has 1 saturated heterocycles. The molecule has 3 rings (SSSR count). The monoisotopic (exact) mass is 372 g/mol. The van der Waals surface area contributed by atoms with Crippen LogP contribution in [0.15, 0.2) is 28.7 Å². The lowest BCUT2D eigenvalue weighted by molar-refractivity contribution is -0.152. The zero-order valence-corrected chi connectivity index (χ0v) is 16.5. The summed E-state index contributed by atoms with van der Waals surface area (Å²) in [4.78, 5) is 41.9. The van der Waals surface area contributed by atoms with Crippen molar-refractivity contribution in [2.75, 3.05) is 7.05 Å². The van der Waals surface area contributed by atoms with Crippen LogP contribution in [0.1, 0.15) is 44.6 Å². The van der Waals surface area contributed by atoms with Crippen molar-refractivity contribution < 1.29 is 18.8 Å². The second kappa shape index (κ2) is 7.71. The largest absolute Gasteiger partial charge is 0.464 e. The molecule has 0 bridgehead atoms. The second-order valence-corrected chi connectivity index (χ2v) is 8.05. The Bertz CT molecular complexity index is 738. The number of rotatable bonds is 6. The van der Waals surface area contributed by atoms with Gasteiger partial charge < -0.3 is 9.32 Å². The third kappa shape index (κ3) is 3.84. The minimum Gasteiger partial charge on any atom is -0.464 e. The van der Waals surface area contributed by atoms with Gasteiger partial charge >= 0.3 is 0 Å². The van der Waals surface area contributed by atoms with Gasteiger partial charge in [0.05, 0.1) is 18.4 Å². The molecule has 3 amide bonds. The van der Waals surface area contributed by atoms with Crippen molar-refractivity contribution in [2.45, 2.75) is 52.6 Å². The molecule has 0 aromatic carbocycles. The van der Waals surface area contributed by atoms with E-state index < -0.39 is 6.04 Å². The van der Waals surface area contributed by atoms with Crippen molar-refractivity contribution in [3.05, 3.63) is 35.8 Å². The second-order valence-electron chi connectivity index (χ2n) is 8.05. The smallest absolute Gasteiger partial charge is 0.246 e. The molecule has 27 heavy (non-hydrogen) atoms. The molecule has 3 atom stereocenters. The quantitative estimate of drug-likeness (QED) is 0.569. The van der Waals surface area contributed by atoms with E-state index in [1.165, 1.54) is 4.90 Å². The van der Waals surface area contributed by atoms with E-state index in [1.54, 1.807) is 11.9 Å². The Hall–Kier alpha value is -2.37. The number of hydrogen-bond acceptors (Lipinski definition) is 4. The standard InChI is InChI=1S/C21H28N2O4/c1-13(2)11-18(21(26)22(4)12-15-10-9-14(3)27-15)23-19(24)16-7-5-6-8-17(16)20(23)25/h5-6,9-10,13,16-18H,7-8,11-12H2,1-4H3. The van der Waals surface area contributed by atoms with Crippen molar-refractivity contribution in [3.8, 4) is 0 Å². The van der Waals surface area contributed by atoms with Gasteiger partial charge in [0, 0.05) is 7.05 Å². The lowest BCUT2D eigenvalue weighted by atomic mass is 9.85. The third-order valence-electron chi connectivity index (χ3n) is 5.40. The Morgan fingerprint density at radius 2 is 1.78 bits per heavy atom. The highest BCUT2D eigenvalue weighted by Gasteiger charge is 2.51. The molecule has 1 aromatic heterocycles. The van der Waals surface area contributed by atoms with Crippen LogP contribution in [-0.2, 0) is 20.9 Å². The summed E-state index contributed by atoms with van der Waals surface area (Å²) < 4.78 is 5.56. The maximum absolute atomic E-state index is 13.2. The highest BCUT2D eigenvalue weighted by Crippen LogP contribution is 2.37. The van der Waals surface area contributed by atoms with Crippen LogP contribution in [0.2, 0.25) is 0 Å². The molecule has 0 spiro atoms. The van der Waals surface area contributed by atoms with E-state index in [1.807, 2.05) is 45.1 Å². The number of aryl methyl sites for hydroxylation is 1.